The molecule has 0 aromatic carbocycles. The minimum absolute atomic E-state index is 0.130. The largest absolute Gasteiger partial charge is 0.433 e. The van der Waals surface area contributed by atoms with Gasteiger partial charge in [-0.3, -0.25) is 0 Å². The first-order valence-corrected chi connectivity index (χ1v) is 3.41. The first-order chi connectivity index (χ1) is 5.55. The molecule has 0 bridgehead atoms. The van der Waals surface area contributed by atoms with Crippen molar-refractivity contribution in [2.75, 3.05) is 0 Å². The predicted molar refractivity (Wildman–Crippen MR) is 36.4 cm³/mol. The highest BCUT2D eigenvalue weighted by Gasteiger charge is 2.34. The van der Waals surface area contributed by atoms with Crippen molar-refractivity contribution in [3.8, 4) is 0 Å². The normalized spacial score (nSPS) is 11.7. The Morgan fingerprint density at radius 2 is 2.08 bits per heavy atom. The second-order valence-electron chi connectivity index (χ2n) is 2.25. The van der Waals surface area contributed by atoms with Crippen LogP contribution < -0.4 is 0 Å². The molecule has 0 N–H and O–H groups in total. The molecule has 0 unspecified atom stereocenters. The smallest absolute Gasteiger partial charge is 0.245 e. The van der Waals surface area contributed by atoms with Gasteiger partial charge in [0.25, 0.3) is 0 Å². The molecule has 0 saturated carbocycles. The highest BCUT2D eigenvalue weighted by atomic mass is 19.4. The van der Waals surface area contributed by atoms with Crippen LogP contribution >= 0.6 is 0 Å². The zero-order valence-electron chi connectivity index (χ0n) is 6.39. The molecule has 0 amide bonds. The molecule has 1 heterocycles. The van der Waals surface area contributed by atoms with Gasteiger partial charge in [-0.05, 0) is 6.42 Å². The summed E-state index contributed by atoms with van der Waals surface area (Å²) in [4.78, 5) is 6.70. The van der Waals surface area contributed by atoms with E-state index < -0.39 is 11.9 Å². The van der Waals surface area contributed by atoms with Crippen molar-refractivity contribution < 1.29 is 13.2 Å². The molecular formula is C7H7F3N2. The number of hydrogen-bond acceptors (Lipinski definition) is 2. The van der Waals surface area contributed by atoms with Gasteiger partial charge in [-0.15, -0.1) is 0 Å². The molecule has 0 saturated heterocycles. The van der Waals surface area contributed by atoms with E-state index in [4.69, 9.17) is 0 Å². The molecule has 1 rings (SSSR count). The van der Waals surface area contributed by atoms with E-state index in [1.807, 2.05) is 0 Å². The quantitative estimate of drug-likeness (QED) is 0.654. The van der Waals surface area contributed by atoms with Crippen LogP contribution in [0.4, 0.5) is 13.2 Å². The fourth-order valence-corrected chi connectivity index (χ4v) is 0.872. The number of aromatic nitrogens is 2. The molecule has 5 heteroatoms. The van der Waals surface area contributed by atoms with Crippen LogP contribution in [0, 0.1) is 0 Å². The molecule has 0 spiro atoms. The number of aryl methyl sites for hydroxylation is 1. The lowest BCUT2D eigenvalue weighted by atomic mass is 10.2. The molecule has 0 radical (unpaired) electrons. The van der Waals surface area contributed by atoms with E-state index in [9.17, 15) is 13.2 Å². The second kappa shape index (κ2) is 3.08. The predicted octanol–water partition coefficient (Wildman–Crippen LogP) is 2.06. The summed E-state index contributed by atoms with van der Waals surface area (Å²) in [6.45, 7) is 1.63. The first-order valence-electron chi connectivity index (χ1n) is 3.41. The summed E-state index contributed by atoms with van der Waals surface area (Å²) >= 11 is 0. The molecule has 1 aromatic heterocycles. The fourth-order valence-electron chi connectivity index (χ4n) is 0.872. The lowest BCUT2D eigenvalue weighted by molar-refractivity contribution is -0.141. The molecule has 0 fully saturated rings. The number of nitrogens with zero attached hydrogens (tertiary/aromatic N) is 2. The molecule has 0 aliphatic heterocycles. The summed E-state index contributed by atoms with van der Waals surface area (Å²) < 4.78 is 36.4. The van der Waals surface area contributed by atoms with Gasteiger partial charge in [0.2, 0.25) is 0 Å². The van der Waals surface area contributed by atoms with E-state index in [1.54, 1.807) is 6.92 Å². The van der Waals surface area contributed by atoms with Gasteiger partial charge in [-0.1, -0.05) is 6.92 Å². The van der Waals surface area contributed by atoms with Gasteiger partial charge in [0.15, 0.2) is 5.69 Å². The summed E-state index contributed by atoms with van der Waals surface area (Å²) in [7, 11) is 0. The minimum Gasteiger partial charge on any atom is -0.245 e. The van der Waals surface area contributed by atoms with Crippen molar-refractivity contribution in [2.45, 2.75) is 19.5 Å². The third kappa shape index (κ3) is 1.72. The third-order valence-corrected chi connectivity index (χ3v) is 1.44. The average Bonchev–Trinajstić information content (AvgIpc) is 2.03. The van der Waals surface area contributed by atoms with E-state index in [2.05, 4.69) is 9.97 Å². The van der Waals surface area contributed by atoms with Crippen molar-refractivity contribution in [1.29, 1.82) is 0 Å². The zero-order valence-corrected chi connectivity index (χ0v) is 6.39. The van der Waals surface area contributed by atoms with E-state index in [0.29, 0.717) is 0 Å². The second-order valence-corrected chi connectivity index (χ2v) is 2.25. The van der Waals surface area contributed by atoms with Crippen molar-refractivity contribution in [2.24, 2.45) is 0 Å². The van der Waals surface area contributed by atoms with Crippen molar-refractivity contribution in [3.63, 3.8) is 0 Å². The summed E-state index contributed by atoms with van der Waals surface area (Å²) in [5.41, 5.74) is -0.704. The number of rotatable bonds is 1. The summed E-state index contributed by atoms with van der Waals surface area (Å²) in [5.74, 6) is 0. The van der Waals surface area contributed by atoms with E-state index in [0.717, 1.165) is 6.33 Å². The Labute approximate surface area is 67.5 Å². The van der Waals surface area contributed by atoms with Gasteiger partial charge in [-0.2, -0.15) is 13.2 Å². The van der Waals surface area contributed by atoms with Gasteiger partial charge in [0, 0.05) is 11.8 Å². The van der Waals surface area contributed by atoms with Gasteiger partial charge in [-0.25, -0.2) is 9.97 Å². The van der Waals surface area contributed by atoms with Gasteiger partial charge in [0.1, 0.15) is 6.33 Å². The maximum Gasteiger partial charge on any atom is 0.433 e. The fraction of sp³-hybridized carbons (Fsp3) is 0.429. The Bertz CT molecular complexity index is 270. The van der Waals surface area contributed by atoms with E-state index >= 15 is 0 Å². The van der Waals surface area contributed by atoms with Gasteiger partial charge >= 0.3 is 6.18 Å². The molecule has 12 heavy (non-hydrogen) atoms. The van der Waals surface area contributed by atoms with Crippen LogP contribution in [0.3, 0.4) is 0 Å². The van der Waals surface area contributed by atoms with Gasteiger partial charge < -0.3 is 0 Å². The number of hydrogen-bond donors (Lipinski definition) is 0. The first kappa shape index (κ1) is 8.96. The number of halogens is 3. The lowest BCUT2D eigenvalue weighted by Gasteiger charge is -2.08. The van der Waals surface area contributed by atoms with Gasteiger partial charge in [0.05, 0.1) is 0 Å². The van der Waals surface area contributed by atoms with E-state index in [1.165, 1.54) is 6.20 Å². The summed E-state index contributed by atoms with van der Waals surface area (Å²) in [6.07, 6.45) is -1.98. The van der Waals surface area contributed by atoms with Crippen LogP contribution in [0.25, 0.3) is 0 Å². The Balaban J connectivity index is 3.14. The molecule has 1 aromatic rings. The van der Waals surface area contributed by atoms with Crippen LogP contribution in [-0.2, 0) is 12.6 Å². The topological polar surface area (TPSA) is 25.8 Å². The molecule has 66 valence electrons. The summed E-state index contributed by atoms with van der Waals surface area (Å²) in [6, 6.07) is 0. The number of alkyl halides is 3. The standard InChI is InChI=1S/C7H7F3N2/c1-2-5-3-11-4-12-6(5)7(8,9)10/h3-4H,2H2,1H3. The van der Waals surface area contributed by atoms with Crippen LogP contribution in [0.5, 0.6) is 0 Å². The molecule has 0 aliphatic carbocycles. The molecule has 0 atom stereocenters. The van der Waals surface area contributed by atoms with Crippen molar-refractivity contribution in [1.82, 2.24) is 9.97 Å². The monoisotopic (exact) mass is 176 g/mol. The van der Waals surface area contributed by atoms with Crippen LogP contribution in [0.2, 0.25) is 0 Å². The van der Waals surface area contributed by atoms with Crippen LogP contribution in [0.1, 0.15) is 18.2 Å². The van der Waals surface area contributed by atoms with Crippen molar-refractivity contribution >= 4 is 0 Å². The minimum atomic E-state index is -4.37. The maximum absolute atomic E-state index is 12.1. The third-order valence-electron chi connectivity index (χ3n) is 1.44. The molecule has 2 nitrogen and oxygen atoms in total. The Kier molecular flexibility index (Phi) is 2.30. The molecule has 0 aliphatic rings. The van der Waals surface area contributed by atoms with Crippen molar-refractivity contribution in [3.05, 3.63) is 23.8 Å². The zero-order chi connectivity index (χ0) is 9.19. The van der Waals surface area contributed by atoms with Crippen LogP contribution in [0.15, 0.2) is 12.5 Å². The van der Waals surface area contributed by atoms with Crippen LogP contribution in [-0.4, -0.2) is 9.97 Å². The Morgan fingerprint density at radius 3 is 2.50 bits per heavy atom. The maximum atomic E-state index is 12.1. The average molecular weight is 176 g/mol. The Hall–Kier alpha value is -1.13. The highest BCUT2D eigenvalue weighted by molar-refractivity contribution is 5.18. The lowest BCUT2D eigenvalue weighted by Crippen LogP contribution is -2.11. The molecular weight excluding hydrogens is 169 g/mol. The summed E-state index contributed by atoms with van der Waals surface area (Å²) in [5, 5.41) is 0. The van der Waals surface area contributed by atoms with E-state index in [-0.39, 0.29) is 12.0 Å². The Morgan fingerprint density at radius 1 is 1.42 bits per heavy atom. The SMILES string of the molecule is CCc1cncnc1C(F)(F)F. The highest BCUT2D eigenvalue weighted by Crippen LogP contribution is 2.29.